The third kappa shape index (κ3) is 5.85. The van der Waals surface area contributed by atoms with Crippen LogP contribution in [-0.2, 0) is 10.3 Å². The molecule has 2 aromatic carbocycles. The Balaban J connectivity index is 1.47. The first-order chi connectivity index (χ1) is 17.2. The minimum atomic E-state index is -0.994. The molecule has 1 amide bonds. The van der Waals surface area contributed by atoms with E-state index < -0.39 is 17.9 Å². The molecule has 6 nitrogen and oxygen atoms in total. The van der Waals surface area contributed by atoms with Crippen molar-refractivity contribution >= 4 is 6.09 Å². The Morgan fingerprint density at radius 3 is 2.39 bits per heavy atom. The number of hydrogen-bond donors (Lipinski definition) is 1. The number of alkyl halides is 1. The Hall–Kier alpha value is -3.45. The highest BCUT2D eigenvalue weighted by molar-refractivity contribution is 5.70. The monoisotopic (exact) mass is 492 g/mol. The Morgan fingerprint density at radius 1 is 1.11 bits per heavy atom. The molecule has 190 valence electrons. The predicted molar refractivity (Wildman–Crippen MR) is 136 cm³/mol. The first kappa shape index (κ1) is 25.6. The molecule has 0 saturated carbocycles. The van der Waals surface area contributed by atoms with Crippen molar-refractivity contribution in [1.82, 2.24) is 9.88 Å². The van der Waals surface area contributed by atoms with Crippen molar-refractivity contribution in [2.45, 2.75) is 50.9 Å². The van der Waals surface area contributed by atoms with Crippen LogP contribution < -0.4 is 4.74 Å². The average molecular weight is 493 g/mol. The predicted octanol–water partition coefficient (Wildman–Crippen LogP) is 6.06. The molecule has 0 spiro atoms. The molecule has 0 radical (unpaired) electrons. The summed E-state index contributed by atoms with van der Waals surface area (Å²) in [6, 6.07) is 21.1. The number of benzene rings is 2. The molecule has 1 N–H and O–H groups in total. The normalized spacial score (nSPS) is 19.0. The lowest BCUT2D eigenvalue weighted by Crippen LogP contribution is -2.51. The first-order valence-electron chi connectivity index (χ1n) is 12.2. The van der Waals surface area contributed by atoms with E-state index in [1.165, 1.54) is 0 Å². The zero-order valence-electron chi connectivity index (χ0n) is 21.0. The third-order valence-electron chi connectivity index (χ3n) is 6.55. The quantitative estimate of drug-likeness (QED) is 0.393. The number of nitrogens with zero attached hydrogens (tertiary/aromatic N) is 2. The van der Waals surface area contributed by atoms with Gasteiger partial charge in [0.2, 0.25) is 5.88 Å². The van der Waals surface area contributed by atoms with E-state index in [-0.39, 0.29) is 18.7 Å². The van der Waals surface area contributed by atoms with E-state index in [4.69, 9.17) is 9.47 Å². The van der Waals surface area contributed by atoms with Crippen molar-refractivity contribution in [3.05, 3.63) is 84.1 Å². The summed E-state index contributed by atoms with van der Waals surface area (Å²) in [6.45, 7) is 5.41. The van der Waals surface area contributed by atoms with Gasteiger partial charge in [0.25, 0.3) is 0 Å². The van der Waals surface area contributed by atoms with Gasteiger partial charge in [-0.2, -0.15) is 0 Å². The number of aliphatic hydroxyl groups is 1. The van der Waals surface area contributed by atoms with Crippen LogP contribution in [0.4, 0.5) is 9.18 Å². The smallest absolute Gasteiger partial charge is 0.411 e. The van der Waals surface area contributed by atoms with Crippen LogP contribution >= 0.6 is 0 Å². The van der Waals surface area contributed by atoms with E-state index in [9.17, 15) is 14.3 Å². The van der Waals surface area contributed by atoms with Crippen molar-refractivity contribution in [2.75, 3.05) is 19.8 Å². The van der Waals surface area contributed by atoms with E-state index in [0.717, 1.165) is 22.3 Å². The number of pyridine rings is 1. The van der Waals surface area contributed by atoms with E-state index in [0.29, 0.717) is 25.3 Å². The molecule has 1 saturated heterocycles. The molecule has 1 aliphatic heterocycles. The van der Waals surface area contributed by atoms with E-state index >= 15 is 0 Å². The Morgan fingerprint density at radius 2 is 1.81 bits per heavy atom. The van der Waals surface area contributed by atoms with Crippen LogP contribution in [0.25, 0.3) is 11.1 Å². The van der Waals surface area contributed by atoms with Gasteiger partial charge in [-0.15, -0.1) is 0 Å². The number of hydrogen-bond acceptors (Lipinski definition) is 5. The summed E-state index contributed by atoms with van der Waals surface area (Å²) in [6.07, 6.45) is 2.20. The van der Waals surface area contributed by atoms with Crippen molar-refractivity contribution in [3.63, 3.8) is 0 Å². The van der Waals surface area contributed by atoms with E-state index in [1.807, 2.05) is 67.6 Å². The van der Waals surface area contributed by atoms with Gasteiger partial charge in [0.05, 0.1) is 11.6 Å². The fourth-order valence-corrected chi connectivity index (χ4v) is 4.81. The number of carbonyl (C=O) groups excluding carboxylic acids is 1. The fraction of sp³-hybridized carbons (Fsp3) is 0.379. The highest BCUT2D eigenvalue weighted by atomic mass is 19.1. The molecule has 0 bridgehead atoms. The largest absolute Gasteiger partial charge is 0.475 e. The van der Waals surface area contributed by atoms with Gasteiger partial charge < -0.3 is 19.5 Å². The second-order valence-electron chi connectivity index (χ2n) is 9.88. The minimum absolute atomic E-state index is 0.0118. The summed E-state index contributed by atoms with van der Waals surface area (Å²) < 4.78 is 23.6. The van der Waals surface area contributed by atoms with Gasteiger partial charge in [-0.05, 0) is 43.5 Å². The van der Waals surface area contributed by atoms with Crippen LogP contribution in [0.2, 0.25) is 0 Å². The van der Waals surface area contributed by atoms with Crippen molar-refractivity contribution in [3.8, 4) is 17.0 Å². The molecule has 1 aliphatic rings. The van der Waals surface area contributed by atoms with Gasteiger partial charge in [0.15, 0.2) is 0 Å². The fourth-order valence-electron chi connectivity index (χ4n) is 4.81. The maximum absolute atomic E-state index is 13.3. The number of halogens is 1. The first-order valence-corrected chi connectivity index (χ1v) is 12.2. The maximum atomic E-state index is 13.3. The minimum Gasteiger partial charge on any atom is -0.475 e. The number of rotatable bonds is 9. The molecule has 1 fully saturated rings. The molecular weight excluding hydrogens is 459 g/mol. The van der Waals surface area contributed by atoms with E-state index in [2.05, 4.69) is 4.98 Å². The number of carbonyl (C=O) groups is 1. The van der Waals surface area contributed by atoms with Gasteiger partial charge in [-0.25, -0.2) is 14.2 Å². The Labute approximate surface area is 211 Å². The summed E-state index contributed by atoms with van der Waals surface area (Å²) >= 11 is 0. The molecule has 36 heavy (non-hydrogen) atoms. The lowest BCUT2D eigenvalue weighted by Gasteiger charge is -2.45. The molecule has 0 unspecified atom stereocenters. The van der Waals surface area contributed by atoms with Crippen LogP contribution in [0.5, 0.6) is 5.88 Å². The van der Waals surface area contributed by atoms with Crippen molar-refractivity contribution in [2.24, 2.45) is 0 Å². The summed E-state index contributed by atoms with van der Waals surface area (Å²) in [5.41, 5.74) is 1.91. The summed E-state index contributed by atoms with van der Waals surface area (Å²) in [4.78, 5) is 19.2. The van der Waals surface area contributed by atoms with Crippen molar-refractivity contribution < 1.29 is 23.8 Å². The summed E-state index contributed by atoms with van der Waals surface area (Å²) in [5.74, 6) is 0.390. The zero-order valence-corrected chi connectivity index (χ0v) is 21.0. The molecule has 7 heteroatoms. The van der Waals surface area contributed by atoms with Crippen LogP contribution in [0.15, 0.2) is 72.9 Å². The summed E-state index contributed by atoms with van der Waals surface area (Å²) in [7, 11) is 0. The topological polar surface area (TPSA) is 71.9 Å². The molecule has 0 aliphatic carbocycles. The molecule has 4 rings (SSSR count). The zero-order chi connectivity index (χ0) is 25.8. The highest BCUT2D eigenvalue weighted by Crippen LogP contribution is 2.42. The maximum Gasteiger partial charge on any atom is 0.411 e. The Bertz CT molecular complexity index is 1150. The highest BCUT2D eigenvalue weighted by Gasteiger charge is 2.46. The van der Waals surface area contributed by atoms with E-state index in [1.54, 1.807) is 31.0 Å². The Kier molecular flexibility index (Phi) is 7.59. The molecule has 2 heterocycles. The average Bonchev–Trinajstić information content (AvgIpc) is 2.87. The number of aromatic nitrogens is 1. The van der Waals surface area contributed by atoms with Crippen LogP contribution in [0.3, 0.4) is 0 Å². The van der Waals surface area contributed by atoms with Gasteiger partial charge >= 0.3 is 6.09 Å². The lowest BCUT2D eigenvalue weighted by atomic mass is 9.80. The second kappa shape index (κ2) is 10.7. The van der Waals surface area contributed by atoms with Crippen LogP contribution in [0.1, 0.15) is 50.8 Å². The van der Waals surface area contributed by atoms with Crippen LogP contribution in [0, 0.1) is 0 Å². The van der Waals surface area contributed by atoms with Crippen molar-refractivity contribution in [1.29, 1.82) is 0 Å². The van der Waals surface area contributed by atoms with Gasteiger partial charge in [-0.1, -0.05) is 54.6 Å². The number of ether oxygens (including phenoxy) is 2. The third-order valence-corrected chi connectivity index (χ3v) is 6.55. The van der Waals surface area contributed by atoms with Gasteiger partial charge in [-0.3, -0.25) is 0 Å². The van der Waals surface area contributed by atoms with Crippen LogP contribution in [-0.4, -0.2) is 46.5 Å². The lowest BCUT2D eigenvalue weighted by molar-refractivity contribution is -0.101. The number of cyclic esters (lactones) is 1. The molecular formula is C29H33FN2O4. The van der Waals surface area contributed by atoms with Gasteiger partial charge in [0.1, 0.15) is 18.9 Å². The molecule has 3 aromatic rings. The standard InChI is InChI=1S/C29H33FN2O4/c1-21(22-9-11-23(12-10-22)24-13-14-26(31-19-24)35-18-16-30)32-17-15-29(36-27(32)33,20-28(2,3)34)25-7-5-4-6-8-25/h4-14,19,21,34H,15-18,20H2,1-3H3/t21-,29-/m0/s1. The summed E-state index contributed by atoms with van der Waals surface area (Å²) in [5, 5.41) is 10.6. The number of amides is 1. The SMILES string of the molecule is C[C@@H](c1ccc(-c2ccc(OCCF)nc2)cc1)N1CC[C@](CC(C)(C)O)(c2ccccc2)OC1=O. The molecule has 1 aromatic heterocycles. The molecule has 2 atom stereocenters. The second-order valence-corrected chi connectivity index (χ2v) is 9.88. The van der Waals surface area contributed by atoms with Gasteiger partial charge in [0, 0.05) is 37.2 Å².